The Morgan fingerprint density at radius 2 is 1.71 bits per heavy atom. The number of nitrogens with zero attached hydrogens (tertiary/aromatic N) is 1. The molecule has 0 radical (unpaired) electrons. The Morgan fingerprint density at radius 3 is 2.07 bits per heavy atom. The number of hydrogen-bond donors (Lipinski definition) is 2. The van der Waals surface area contributed by atoms with Crippen LogP contribution >= 0.6 is 0 Å². The zero-order valence-corrected chi connectivity index (χ0v) is 8.87. The molecular formula is C8H15NO4S. The van der Waals surface area contributed by atoms with Crippen molar-refractivity contribution < 1.29 is 18.1 Å². The van der Waals surface area contributed by atoms with Crippen LogP contribution < -0.4 is 0 Å². The van der Waals surface area contributed by atoms with E-state index in [-0.39, 0.29) is 24.9 Å². The van der Waals surface area contributed by atoms with Crippen molar-refractivity contribution in [3.63, 3.8) is 0 Å². The minimum Gasteiger partial charge on any atom is -0.372 e. The molecular weight excluding hydrogens is 206 g/mol. The molecule has 2 unspecified atom stereocenters. The molecule has 82 valence electrons. The molecule has 0 aliphatic carbocycles. The number of rotatable bonds is 1. The summed E-state index contributed by atoms with van der Waals surface area (Å²) in [5.41, 5.74) is 0. The van der Waals surface area contributed by atoms with Gasteiger partial charge in [-0.15, -0.1) is 0 Å². The number of fused-ring (bicyclic) bond motifs is 2. The van der Waals surface area contributed by atoms with E-state index < -0.39 is 15.1 Å². The van der Waals surface area contributed by atoms with Crippen molar-refractivity contribution in [3.05, 3.63) is 0 Å². The second-order valence-electron chi connectivity index (χ2n) is 4.38. The molecule has 14 heavy (non-hydrogen) atoms. The van der Waals surface area contributed by atoms with E-state index >= 15 is 0 Å². The molecule has 2 aliphatic heterocycles. The van der Waals surface area contributed by atoms with Gasteiger partial charge in [0.25, 0.3) is 10.1 Å². The maximum atomic E-state index is 11.0. The fourth-order valence-corrected chi connectivity index (χ4v) is 3.42. The molecule has 0 amide bonds. The third-order valence-corrected chi connectivity index (χ3v) is 4.87. The van der Waals surface area contributed by atoms with Crippen LogP contribution in [-0.2, 0) is 10.1 Å². The van der Waals surface area contributed by atoms with Gasteiger partial charge in [0, 0.05) is 24.9 Å². The highest BCUT2D eigenvalue weighted by atomic mass is 32.2. The van der Waals surface area contributed by atoms with Crippen molar-refractivity contribution in [2.45, 2.75) is 42.7 Å². The third-order valence-electron chi connectivity index (χ3n) is 3.57. The lowest BCUT2D eigenvalue weighted by atomic mass is 10.0. The van der Waals surface area contributed by atoms with E-state index in [9.17, 15) is 13.5 Å². The van der Waals surface area contributed by atoms with Crippen LogP contribution in [0.2, 0.25) is 0 Å². The SMILES string of the molecule is CN1C2CCC1CC(O)(S(=O)(=O)O)C2. The molecule has 6 heteroatoms. The summed E-state index contributed by atoms with van der Waals surface area (Å²) in [4.78, 5) is 0.186. The lowest BCUT2D eigenvalue weighted by Gasteiger charge is -2.39. The summed E-state index contributed by atoms with van der Waals surface area (Å²) in [7, 11) is -2.41. The highest BCUT2D eigenvalue weighted by Crippen LogP contribution is 2.41. The van der Waals surface area contributed by atoms with Gasteiger partial charge in [-0.3, -0.25) is 4.55 Å². The molecule has 0 saturated carbocycles. The molecule has 2 N–H and O–H groups in total. The summed E-state index contributed by atoms with van der Waals surface area (Å²) in [6.07, 6.45) is 2.05. The molecule has 2 heterocycles. The summed E-state index contributed by atoms with van der Waals surface area (Å²) < 4.78 is 31.0. The Balaban J connectivity index is 2.29. The van der Waals surface area contributed by atoms with Gasteiger partial charge >= 0.3 is 0 Å². The quantitative estimate of drug-likeness (QED) is 0.601. The first kappa shape index (κ1) is 10.4. The highest BCUT2D eigenvalue weighted by Gasteiger charge is 2.52. The van der Waals surface area contributed by atoms with Gasteiger partial charge in [0.2, 0.25) is 0 Å². The van der Waals surface area contributed by atoms with Gasteiger partial charge in [-0.05, 0) is 19.9 Å². The first-order valence-corrected chi connectivity index (χ1v) is 6.19. The molecule has 2 aliphatic rings. The van der Waals surface area contributed by atoms with Crippen molar-refractivity contribution in [1.82, 2.24) is 4.90 Å². The summed E-state index contributed by atoms with van der Waals surface area (Å²) in [6, 6.07) is 0.168. The average Bonchev–Trinajstić information content (AvgIpc) is 2.32. The molecule has 2 rings (SSSR count). The molecule has 2 fully saturated rings. The molecule has 2 saturated heterocycles. The van der Waals surface area contributed by atoms with Gasteiger partial charge in [0.15, 0.2) is 4.93 Å². The highest BCUT2D eigenvalue weighted by molar-refractivity contribution is 7.87. The zero-order valence-electron chi connectivity index (χ0n) is 8.05. The first-order valence-electron chi connectivity index (χ1n) is 4.75. The van der Waals surface area contributed by atoms with E-state index in [1.165, 1.54) is 0 Å². The van der Waals surface area contributed by atoms with Gasteiger partial charge in [0.1, 0.15) is 0 Å². The maximum absolute atomic E-state index is 11.0. The van der Waals surface area contributed by atoms with Crippen molar-refractivity contribution in [2.24, 2.45) is 0 Å². The predicted molar refractivity (Wildman–Crippen MR) is 50.3 cm³/mol. The Bertz CT molecular complexity index is 325. The largest absolute Gasteiger partial charge is 0.372 e. The van der Waals surface area contributed by atoms with Gasteiger partial charge in [-0.25, -0.2) is 0 Å². The van der Waals surface area contributed by atoms with Crippen molar-refractivity contribution in [1.29, 1.82) is 0 Å². The Hall–Kier alpha value is -0.170. The van der Waals surface area contributed by atoms with Crippen LogP contribution in [0.1, 0.15) is 25.7 Å². The summed E-state index contributed by atoms with van der Waals surface area (Å²) in [5.74, 6) is 0. The van der Waals surface area contributed by atoms with Crippen LogP contribution in [0.15, 0.2) is 0 Å². The van der Waals surface area contributed by atoms with E-state index in [2.05, 4.69) is 4.90 Å². The monoisotopic (exact) mass is 221 g/mol. The maximum Gasteiger partial charge on any atom is 0.295 e. The summed E-state index contributed by atoms with van der Waals surface area (Å²) in [5, 5.41) is 9.84. The lowest BCUT2D eigenvalue weighted by molar-refractivity contribution is 0.0113. The number of hydrogen-bond acceptors (Lipinski definition) is 4. The normalized spacial score (nSPS) is 44.2. The summed E-state index contributed by atoms with van der Waals surface area (Å²) >= 11 is 0. The zero-order chi connectivity index (χ0) is 10.6. The van der Waals surface area contributed by atoms with E-state index in [4.69, 9.17) is 4.55 Å². The Kier molecular flexibility index (Phi) is 2.15. The molecule has 0 aromatic carbocycles. The first-order chi connectivity index (χ1) is 6.33. The van der Waals surface area contributed by atoms with Gasteiger partial charge in [-0.2, -0.15) is 8.42 Å². The minimum absolute atomic E-state index is 0.0840. The van der Waals surface area contributed by atoms with Crippen LogP contribution in [0.5, 0.6) is 0 Å². The third kappa shape index (κ3) is 1.37. The Labute approximate surface area is 83.5 Å². The molecule has 0 aromatic rings. The summed E-state index contributed by atoms with van der Waals surface area (Å²) in [6.45, 7) is 0. The van der Waals surface area contributed by atoms with Crippen LogP contribution in [0.25, 0.3) is 0 Å². The van der Waals surface area contributed by atoms with Gasteiger partial charge < -0.3 is 10.0 Å². The van der Waals surface area contributed by atoms with E-state index in [1.807, 2.05) is 7.05 Å². The fourth-order valence-electron chi connectivity index (χ4n) is 2.61. The van der Waals surface area contributed by atoms with Crippen LogP contribution in [-0.4, -0.2) is 47.0 Å². The Morgan fingerprint density at radius 1 is 1.29 bits per heavy atom. The second kappa shape index (κ2) is 2.91. The van der Waals surface area contributed by atoms with Crippen LogP contribution in [0, 0.1) is 0 Å². The number of piperidine rings is 1. The molecule has 0 aromatic heterocycles. The van der Waals surface area contributed by atoms with Crippen molar-refractivity contribution in [3.8, 4) is 0 Å². The minimum atomic E-state index is -4.35. The second-order valence-corrected chi connectivity index (χ2v) is 6.09. The lowest BCUT2D eigenvalue weighted by Crippen LogP contribution is -2.53. The van der Waals surface area contributed by atoms with Gasteiger partial charge in [0.05, 0.1) is 0 Å². The smallest absolute Gasteiger partial charge is 0.295 e. The number of aliphatic hydroxyl groups is 1. The van der Waals surface area contributed by atoms with Crippen LogP contribution in [0.3, 0.4) is 0 Å². The van der Waals surface area contributed by atoms with Gasteiger partial charge in [-0.1, -0.05) is 0 Å². The van der Waals surface area contributed by atoms with Crippen LogP contribution in [0.4, 0.5) is 0 Å². The fraction of sp³-hybridized carbons (Fsp3) is 1.00. The molecule has 0 spiro atoms. The van der Waals surface area contributed by atoms with E-state index in [1.54, 1.807) is 0 Å². The predicted octanol–water partition coefficient (Wildman–Crippen LogP) is -0.181. The standard InChI is InChI=1S/C8H15NO4S/c1-9-6-2-3-7(9)5-8(10,4-6)14(11,12)13/h6-7,10H,2-5H2,1H3,(H,11,12,13). The average molecular weight is 221 g/mol. The topological polar surface area (TPSA) is 77.8 Å². The molecule has 2 bridgehead atoms. The molecule has 2 atom stereocenters. The van der Waals surface area contributed by atoms with E-state index in [0.717, 1.165) is 12.8 Å². The molecule has 5 nitrogen and oxygen atoms in total. The van der Waals surface area contributed by atoms with E-state index in [0.29, 0.717) is 0 Å². The van der Waals surface area contributed by atoms with Crippen molar-refractivity contribution in [2.75, 3.05) is 7.05 Å². The van der Waals surface area contributed by atoms with Crippen molar-refractivity contribution >= 4 is 10.1 Å².